The molecule has 0 aromatic heterocycles. The fraction of sp³-hybridized carbons (Fsp3) is 1.00. The summed E-state index contributed by atoms with van der Waals surface area (Å²) < 4.78 is 0. The van der Waals surface area contributed by atoms with Crippen LogP contribution in [0.25, 0.3) is 0 Å². The summed E-state index contributed by atoms with van der Waals surface area (Å²) >= 11 is 0. The number of nitroso groups, excluding NO2 is 1. The highest BCUT2D eigenvalue weighted by Gasteiger charge is 2.26. The first kappa shape index (κ1) is 9.45. The average Bonchev–Trinajstić information content (AvgIpc) is 2.11. The third-order valence-corrected chi connectivity index (χ3v) is 2.19. The molecule has 0 spiro atoms. The van der Waals surface area contributed by atoms with E-state index < -0.39 is 0 Å². The Hall–Kier alpha value is -0.640. The quantitative estimate of drug-likeness (QED) is 0.537. The zero-order chi connectivity index (χ0) is 9.19. The van der Waals surface area contributed by atoms with Crippen LogP contribution in [0.3, 0.4) is 0 Å². The Labute approximate surface area is 73.5 Å². The lowest BCUT2D eigenvalue weighted by Gasteiger charge is -2.32. The maximum Gasteiger partial charge on any atom is 0.237 e. The van der Waals surface area contributed by atoms with Gasteiger partial charge in [0.2, 0.25) is 6.54 Å². The molecule has 1 heterocycles. The van der Waals surface area contributed by atoms with Crippen LogP contribution < -0.4 is 5.43 Å². The van der Waals surface area contributed by atoms with Gasteiger partial charge in [0.05, 0.1) is 18.0 Å². The van der Waals surface area contributed by atoms with Gasteiger partial charge in [0.25, 0.3) is 0 Å². The second-order valence-corrected chi connectivity index (χ2v) is 4.17. The molecule has 0 atom stereocenters. The normalized spacial score (nSPS) is 21.8. The molecule has 0 aromatic carbocycles. The molecule has 1 aliphatic rings. The minimum absolute atomic E-state index is 0.173. The van der Waals surface area contributed by atoms with Crippen molar-refractivity contribution in [2.45, 2.75) is 26.3 Å². The van der Waals surface area contributed by atoms with Gasteiger partial charge in [0.15, 0.2) is 0 Å². The third-order valence-electron chi connectivity index (χ3n) is 2.19. The standard InChI is InChI=1S/C8H18N3O/c1-8(2,3)10-5-4-9-11(12)7-6-10/h4-7H2,1-3H3,(H,9,12)/q+1. The lowest BCUT2D eigenvalue weighted by Crippen LogP contribution is -2.43. The SMILES string of the molecule is CC(C)(C)N1CCN[N+](=O)CC1. The Balaban J connectivity index is 2.52. The molecule has 70 valence electrons. The lowest BCUT2D eigenvalue weighted by molar-refractivity contribution is -0.603. The third kappa shape index (κ3) is 2.44. The van der Waals surface area contributed by atoms with Gasteiger partial charge in [-0.2, -0.15) is 5.43 Å². The molecule has 1 rings (SSSR count). The van der Waals surface area contributed by atoms with Crippen LogP contribution in [0.4, 0.5) is 0 Å². The maximum absolute atomic E-state index is 10.9. The van der Waals surface area contributed by atoms with Gasteiger partial charge in [-0.1, -0.05) is 0 Å². The number of hydrogen-bond acceptors (Lipinski definition) is 2. The molecule has 1 N–H and O–H groups in total. The van der Waals surface area contributed by atoms with Crippen molar-refractivity contribution in [2.75, 3.05) is 26.2 Å². The highest BCUT2D eigenvalue weighted by Crippen LogP contribution is 2.12. The minimum atomic E-state index is 0.173. The molecule has 0 aromatic rings. The number of nitrogens with zero attached hydrogens (tertiary/aromatic N) is 2. The molecule has 4 heteroatoms. The van der Waals surface area contributed by atoms with E-state index in [4.69, 9.17) is 0 Å². The van der Waals surface area contributed by atoms with Crippen molar-refractivity contribution in [1.82, 2.24) is 10.3 Å². The smallest absolute Gasteiger partial charge is 0.237 e. The van der Waals surface area contributed by atoms with Gasteiger partial charge >= 0.3 is 0 Å². The second-order valence-electron chi connectivity index (χ2n) is 4.17. The van der Waals surface area contributed by atoms with E-state index >= 15 is 0 Å². The minimum Gasteiger partial charge on any atom is -0.290 e. The fourth-order valence-corrected chi connectivity index (χ4v) is 1.38. The van der Waals surface area contributed by atoms with Crippen LogP contribution in [0.15, 0.2) is 0 Å². The molecular formula is C8H18N3O+. The first-order valence-electron chi connectivity index (χ1n) is 4.43. The molecule has 0 saturated carbocycles. The van der Waals surface area contributed by atoms with E-state index in [1.54, 1.807) is 0 Å². The molecule has 0 aliphatic carbocycles. The highest BCUT2D eigenvalue weighted by atomic mass is 16.3. The molecular weight excluding hydrogens is 154 g/mol. The van der Waals surface area contributed by atoms with Gasteiger partial charge in [-0.05, 0) is 20.8 Å². The summed E-state index contributed by atoms with van der Waals surface area (Å²) in [5.41, 5.74) is 2.96. The number of hydrazine groups is 1. The van der Waals surface area contributed by atoms with Crippen LogP contribution in [-0.2, 0) is 0 Å². The highest BCUT2D eigenvalue weighted by molar-refractivity contribution is 4.76. The van der Waals surface area contributed by atoms with Crippen LogP contribution in [-0.4, -0.2) is 41.5 Å². The maximum atomic E-state index is 10.9. The van der Waals surface area contributed by atoms with Gasteiger partial charge in [0, 0.05) is 12.1 Å². The fourth-order valence-electron chi connectivity index (χ4n) is 1.38. The Morgan fingerprint density at radius 2 is 2.00 bits per heavy atom. The predicted molar refractivity (Wildman–Crippen MR) is 47.8 cm³/mol. The van der Waals surface area contributed by atoms with E-state index in [0.717, 1.165) is 24.5 Å². The molecule has 4 nitrogen and oxygen atoms in total. The Morgan fingerprint density at radius 1 is 1.33 bits per heavy atom. The number of rotatable bonds is 0. The summed E-state index contributed by atoms with van der Waals surface area (Å²) in [6.07, 6.45) is 0. The largest absolute Gasteiger partial charge is 0.290 e. The molecule has 0 radical (unpaired) electrons. The first-order chi connectivity index (χ1) is 5.50. The summed E-state index contributed by atoms with van der Waals surface area (Å²) in [4.78, 5) is 14.2. The van der Waals surface area contributed by atoms with Gasteiger partial charge < -0.3 is 0 Å². The predicted octanol–water partition coefficient (Wildman–Crippen LogP) is 0.384. The molecule has 12 heavy (non-hydrogen) atoms. The van der Waals surface area contributed by atoms with E-state index in [1.807, 2.05) is 0 Å². The second kappa shape index (κ2) is 3.39. The van der Waals surface area contributed by atoms with Crippen LogP contribution in [0.1, 0.15) is 20.8 Å². The van der Waals surface area contributed by atoms with Gasteiger partial charge in [0.1, 0.15) is 4.87 Å². The van der Waals surface area contributed by atoms with Crippen molar-refractivity contribution in [3.05, 3.63) is 4.91 Å². The van der Waals surface area contributed by atoms with Gasteiger partial charge in [-0.15, -0.1) is 0 Å². The summed E-state index contributed by atoms with van der Waals surface area (Å²) in [6, 6.07) is 0. The summed E-state index contributed by atoms with van der Waals surface area (Å²) in [5, 5.41) is 0. The molecule has 1 fully saturated rings. The van der Waals surface area contributed by atoms with Crippen LogP contribution in [0, 0.1) is 4.91 Å². The molecule has 1 saturated heterocycles. The van der Waals surface area contributed by atoms with E-state index in [0.29, 0.717) is 6.54 Å². The first-order valence-corrected chi connectivity index (χ1v) is 4.43. The van der Waals surface area contributed by atoms with E-state index in [-0.39, 0.29) is 5.54 Å². The zero-order valence-corrected chi connectivity index (χ0v) is 8.13. The Morgan fingerprint density at radius 3 is 2.58 bits per heavy atom. The van der Waals surface area contributed by atoms with Crippen molar-refractivity contribution in [3.63, 3.8) is 0 Å². The Bertz CT molecular complexity index is 174. The lowest BCUT2D eigenvalue weighted by atomic mass is 10.1. The van der Waals surface area contributed by atoms with Gasteiger partial charge in [-0.25, -0.2) is 0 Å². The van der Waals surface area contributed by atoms with E-state index in [2.05, 4.69) is 31.1 Å². The van der Waals surface area contributed by atoms with Crippen LogP contribution in [0.2, 0.25) is 0 Å². The van der Waals surface area contributed by atoms with E-state index in [9.17, 15) is 4.91 Å². The Kier molecular flexibility index (Phi) is 2.67. The van der Waals surface area contributed by atoms with Gasteiger partial charge in [-0.3, -0.25) is 4.90 Å². The molecule has 0 unspecified atom stereocenters. The van der Waals surface area contributed by atoms with Crippen molar-refractivity contribution in [2.24, 2.45) is 0 Å². The summed E-state index contributed by atoms with van der Waals surface area (Å²) in [5.74, 6) is 0. The van der Waals surface area contributed by atoms with Crippen molar-refractivity contribution in [1.29, 1.82) is 0 Å². The molecule has 0 bridgehead atoms. The molecule has 0 amide bonds. The summed E-state index contributed by atoms with van der Waals surface area (Å²) in [7, 11) is 0. The van der Waals surface area contributed by atoms with Crippen molar-refractivity contribution < 1.29 is 4.87 Å². The van der Waals surface area contributed by atoms with Crippen molar-refractivity contribution >= 4 is 0 Å². The van der Waals surface area contributed by atoms with E-state index in [1.165, 1.54) is 0 Å². The zero-order valence-electron chi connectivity index (χ0n) is 8.13. The van der Waals surface area contributed by atoms with Crippen LogP contribution >= 0.6 is 0 Å². The topological polar surface area (TPSA) is 35.4 Å². The monoisotopic (exact) mass is 172 g/mol. The van der Waals surface area contributed by atoms with Crippen LogP contribution in [0.5, 0.6) is 0 Å². The summed E-state index contributed by atoms with van der Waals surface area (Å²) in [6.45, 7) is 9.62. The number of hydrogen-bond donors (Lipinski definition) is 1. The average molecular weight is 172 g/mol. The van der Waals surface area contributed by atoms with Crippen molar-refractivity contribution in [3.8, 4) is 0 Å². The number of nitrogens with one attached hydrogen (secondary N) is 1. The molecule has 1 aliphatic heterocycles.